The third-order valence-corrected chi connectivity index (χ3v) is 3.25. The van der Waals surface area contributed by atoms with Crippen molar-refractivity contribution in [2.24, 2.45) is 0 Å². The second-order valence-corrected chi connectivity index (χ2v) is 4.60. The van der Waals surface area contributed by atoms with Crippen LogP contribution >= 0.6 is 0 Å². The van der Waals surface area contributed by atoms with E-state index < -0.39 is 11.8 Å². The fourth-order valence-electron chi connectivity index (χ4n) is 2.21. The molecule has 5 heteroatoms. The lowest BCUT2D eigenvalue weighted by atomic mass is 10.0. The van der Waals surface area contributed by atoms with E-state index in [4.69, 9.17) is 5.11 Å². The second-order valence-electron chi connectivity index (χ2n) is 4.60. The van der Waals surface area contributed by atoms with Crippen LogP contribution in [0.25, 0.3) is 11.6 Å². The van der Waals surface area contributed by atoms with Crippen LogP contribution in [-0.4, -0.2) is 17.0 Å². The molecule has 2 N–H and O–H groups in total. The van der Waals surface area contributed by atoms with E-state index in [-0.39, 0.29) is 22.6 Å². The highest BCUT2D eigenvalue weighted by atomic mass is 19.1. The van der Waals surface area contributed by atoms with Crippen molar-refractivity contribution in [3.8, 4) is 0 Å². The molecule has 0 spiro atoms. The first kappa shape index (κ1) is 13.1. The molecule has 104 valence electrons. The van der Waals surface area contributed by atoms with Gasteiger partial charge in [-0.05, 0) is 30.3 Å². The zero-order chi connectivity index (χ0) is 15.0. The van der Waals surface area contributed by atoms with Crippen LogP contribution in [0.3, 0.4) is 0 Å². The molecule has 1 heterocycles. The van der Waals surface area contributed by atoms with Gasteiger partial charge in [-0.1, -0.05) is 18.2 Å². The minimum absolute atomic E-state index is 0.0738. The van der Waals surface area contributed by atoms with Gasteiger partial charge in [0.15, 0.2) is 0 Å². The molecule has 21 heavy (non-hydrogen) atoms. The molecule has 0 unspecified atom stereocenters. The maximum absolute atomic E-state index is 13.7. The van der Waals surface area contributed by atoms with Gasteiger partial charge in [0.25, 0.3) is 5.91 Å². The molecule has 0 atom stereocenters. The van der Waals surface area contributed by atoms with Crippen LogP contribution < -0.4 is 5.32 Å². The lowest BCUT2D eigenvalue weighted by molar-refractivity contribution is -0.110. The summed E-state index contributed by atoms with van der Waals surface area (Å²) in [6, 6.07) is 10.4. The summed E-state index contributed by atoms with van der Waals surface area (Å²) in [4.78, 5) is 23.0. The fourth-order valence-corrected chi connectivity index (χ4v) is 2.21. The predicted octanol–water partition coefficient (Wildman–Crippen LogP) is 3.02. The van der Waals surface area contributed by atoms with Gasteiger partial charge in [-0.3, -0.25) is 4.79 Å². The molecule has 2 aromatic carbocycles. The maximum atomic E-state index is 13.7. The Bertz CT molecular complexity index is 796. The van der Waals surface area contributed by atoms with Crippen molar-refractivity contribution in [3.05, 3.63) is 65.0 Å². The van der Waals surface area contributed by atoms with E-state index in [0.717, 1.165) is 0 Å². The Kier molecular flexibility index (Phi) is 3.02. The molecule has 1 amide bonds. The summed E-state index contributed by atoms with van der Waals surface area (Å²) in [5.41, 5.74) is 1.58. The summed E-state index contributed by atoms with van der Waals surface area (Å²) < 4.78 is 13.7. The van der Waals surface area contributed by atoms with Crippen LogP contribution in [0.5, 0.6) is 0 Å². The van der Waals surface area contributed by atoms with Crippen molar-refractivity contribution in [1.29, 1.82) is 0 Å². The quantitative estimate of drug-likeness (QED) is 0.832. The van der Waals surface area contributed by atoms with E-state index in [2.05, 4.69) is 5.32 Å². The lowest BCUT2D eigenvalue weighted by Crippen LogP contribution is -2.03. The minimum Gasteiger partial charge on any atom is -0.478 e. The highest BCUT2D eigenvalue weighted by Crippen LogP contribution is 2.34. The van der Waals surface area contributed by atoms with Gasteiger partial charge >= 0.3 is 5.97 Å². The van der Waals surface area contributed by atoms with E-state index in [1.807, 2.05) is 0 Å². The number of rotatable bonds is 2. The van der Waals surface area contributed by atoms with Gasteiger partial charge in [-0.15, -0.1) is 0 Å². The van der Waals surface area contributed by atoms with Crippen LogP contribution in [0.15, 0.2) is 42.5 Å². The molecule has 0 bridgehead atoms. The average molecular weight is 283 g/mol. The van der Waals surface area contributed by atoms with Crippen LogP contribution in [0, 0.1) is 5.82 Å². The molecule has 3 rings (SSSR count). The standard InChI is InChI=1S/C16H10FNO3/c17-13-4-2-1-3-9(13)7-12-11-8-10(16(20)21)5-6-14(11)18-15(12)19/h1-8H,(H,18,19)(H,20,21)/b12-7+. The fraction of sp³-hybridized carbons (Fsp3) is 0. The van der Waals surface area contributed by atoms with Crippen molar-refractivity contribution in [3.63, 3.8) is 0 Å². The van der Waals surface area contributed by atoms with Gasteiger partial charge in [0.05, 0.1) is 5.56 Å². The summed E-state index contributed by atoms with van der Waals surface area (Å²) in [6.07, 6.45) is 1.42. The van der Waals surface area contributed by atoms with Gasteiger partial charge in [0, 0.05) is 22.4 Å². The van der Waals surface area contributed by atoms with E-state index in [1.165, 1.54) is 30.3 Å². The number of carbonyl (C=O) groups is 2. The number of anilines is 1. The number of halogens is 1. The third kappa shape index (κ3) is 2.29. The largest absolute Gasteiger partial charge is 0.478 e. The Morgan fingerprint density at radius 2 is 1.95 bits per heavy atom. The van der Waals surface area contributed by atoms with E-state index in [1.54, 1.807) is 18.2 Å². The van der Waals surface area contributed by atoms with Crippen molar-refractivity contribution in [2.75, 3.05) is 5.32 Å². The Hall–Kier alpha value is -2.95. The summed E-state index contributed by atoms with van der Waals surface area (Å²) >= 11 is 0. The summed E-state index contributed by atoms with van der Waals surface area (Å²) in [5, 5.41) is 11.6. The highest BCUT2D eigenvalue weighted by Gasteiger charge is 2.25. The van der Waals surface area contributed by atoms with Crippen molar-refractivity contribution < 1.29 is 19.1 Å². The lowest BCUT2D eigenvalue weighted by Gasteiger charge is -2.01. The number of hydrogen-bond acceptors (Lipinski definition) is 2. The zero-order valence-corrected chi connectivity index (χ0v) is 10.8. The first-order valence-electron chi connectivity index (χ1n) is 6.21. The predicted molar refractivity (Wildman–Crippen MR) is 76.3 cm³/mol. The number of amides is 1. The molecule has 0 saturated heterocycles. The van der Waals surface area contributed by atoms with Crippen LogP contribution in [0.1, 0.15) is 21.5 Å². The smallest absolute Gasteiger partial charge is 0.335 e. The molecular formula is C16H10FNO3. The molecule has 0 radical (unpaired) electrons. The molecule has 2 aromatic rings. The molecular weight excluding hydrogens is 273 g/mol. The van der Waals surface area contributed by atoms with Crippen LogP contribution in [0.2, 0.25) is 0 Å². The van der Waals surface area contributed by atoms with Gasteiger partial charge < -0.3 is 10.4 Å². The van der Waals surface area contributed by atoms with Crippen LogP contribution in [0.4, 0.5) is 10.1 Å². The van der Waals surface area contributed by atoms with Crippen molar-refractivity contribution in [1.82, 2.24) is 0 Å². The Labute approximate surface area is 119 Å². The number of carboxylic acids is 1. The highest BCUT2D eigenvalue weighted by molar-refractivity contribution is 6.35. The number of hydrogen-bond donors (Lipinski definition) is 2. The van der Waals surface area contributed by atoms with Gasteiger partial charge in [0.1, 0.15) is 5.82 Å². The molecule has 0 aromatic heterocycles. The summed E-state index contributed by atoms with van der Waals surface area (Å²) in [5.74, 6) is -1.90. The normalized spacial score (nSPS) is 14.9. The zero-order valence-electron chi connectivity index (χ0n) is 10.8. The molecule has 1 aliphatic rings. The SMILES string of the molecule is O=C1Nc2ccc(C(=O)O)cc2/C1=C\c1ccccc1F. The van der Waals surface area contributed by atoms with Crippen molar-refractivity contribution in [2.45, 2.75) is 0 Å². The van der Waals surface area contributed by atoms with E-state index >= 15 is 0 Å². The van der Waals surface area contributed by atoms with Crippen LogP contribution in [-0.2, 0) is 4.79 Å². The molecule has 1 aliphatic heterocycles. The van der Waals surface area contributed by atoms with Gasteiger partial charge in [-0.25, -0.2) is 9.18 Å². The summed E-state index contributed by atoms with van der Waals surface area (Å²) in [6.45, 7) is 0. The Balaban J connectivity index is 2.14. The average Bonchev–Trinajstić information content (AvgIpc) is 2.76. The maximum Gasteiger partial charge on any atom is 0.335 e. The summed E-state index contributed by atoms with van der Waals surface area (Å²) in [7, 11) is 0. The molecule has 0 fully saturated rings. The number of carbonyl (C=O) groups excluding carboxylic acids is 1. The Morgan fingerprint density at radius 1 is 1.19 bits per heavy atom. The first-order valence-corrected chi connectivity index (χ1v) is 6.21. The van der Waals surface area contributed by atoms with E-state index in [0.29, 0.717) is 11.3 Å². The monoisotopic (exact) mass is 283 g/mol. The van der Waals surface area contributed by atoms with Crippen molar-refractivity contribution >= 4 is 29.2 Å². The van der Waals surface area contributed by atoms with E-state index in [9.17, 15) is 14.0 Å². The topological polar surface area (TPSA) is 66.4 Å². The second kappa shape index (κ2) is 4.86. The Morgan fingerprint density at radius 3 is 2.67 bits per heavy atom. The molecule has 0 saturated carbocycles. The van der Waals surface area contributed by atoms with Gasteiger partial charge in [0.2, 0.25) is 0 Å². The number of benzene rings is 2. The minimum atomic E-state index is -1.08. The number of carboxylic acid groups (broad SMARTS) is 1. The number of fused-ring (bicyclic) bond motifs is 1. The first-order chi connectivity index (χ1) is 10.1. The number of nitrogens with one attached hydrogen (secondary N) is 1. The third-order valence-electron chi connectivity index (χ3n) is 3.25. The molecule has 4 nitrogen and oxygen atoms in total. The molecule has 0 aliphatic carbocycles. The number of aromatic carboxylic acids is 1. The van der Waals surface area contributed by atoms with Gasteiger partial charge in [-0.2, -0.15) is 0 Å².